The van der Waals surface area contributed by atoms with Crippen LogP contribution in [0.1, 0.15) is 23.2 Å². The Morgan fingerprint density at radius 2 is 1.95 bits per heavy atom. The van der Waals surface area contributed by atoms with Gasteiger partial charge in [-0.1, -0.05) is 12.2 Å². The first kappa shape index (κ1) is 13.9. The minimum absolute atomic E-state index is 0.157. The number of hydrogen-bond donors (Lipinski definition) is 1. The van der Waals surface area contributed by atoms with Gasteiger partial charge >= 0.3 is 0 Å². The Morgan fingerprint density at radius 3 is 2.59 bits per heavy atom. The standard InChI is InChI=1S/C18H23N3O/c22-18(15-3-5-19-6-4-15)21-9-7-20(8-10-21)13-17-12-14-1-2-16(17)11-14/h1-6,14,16-17H,7-13H2/p+1/t14-,16+,17-/m1/s1. The number of aromatic nitrogens is 1. The monoisotopic (exact) mass is 298 g/mol. The van der Waals surface area contributed by atoms with Gasteiger partial charge in [-0.2, -0.15) is 0 Å². The summed E-state index contributed by atoms with van der Waals surface area (Å²) < 4.78 is 0. The van der Waals surface area contributed by atoms with Crippen LogP contribution < -0.4 is 4.90 Å². The van der Waals surface area contributed by atoms with Crippen LogP contribution >= 0.6 is 0 Å². The van der Waals surface area contributed by atoms with Gasteiger partial charge in [0, 0.05) is 23.9 Å². The number of allylic oxidation sites excluding steroid dienone is 2. The molecule has 116 valence electrons. The number of pyridine rings is 1. The van der Waals surface area contributed by atoms with Crippen LogP contribution in [-0.4, -0.2) is 48.5 Å². The number of piperazine rings is 1. The zero-order valence-corrected chi connectivity index (χ0v) is 12.9. The van der Waals surface area contributed by atoms with Crippen molar-refractivity contribution < 1.29 is 9.69 Å². The van der Waals surface area contributed by atoms with Crippen molar-refractivity contribution in [3.8, 4) is 0 Å². The fourth-order valence-electron chi connectivity index (χ4n) is 4.41. The van der Waals surface area contributed by atoms with Crippen molar-refractivity contribution >= 4 is 5.91 Å². The molecule has 1 saturated heterocycles. The van der Waals surface area contributed by atoms with Crippen molar-refractivity contribution in [1.29, 1.82) is 0 Å². The molecule has 1 saturated carbocycles. The first-order chi connectivity index (χ1) is 10.8. The van der Waals surface area contributed by atoms with E-state index in [1.165, 1.54) is 19.4 Å². The van der Waals surface area contributed by atoms with Gasteiger partial charge in [0.05, 0.1) is 32.7 Å². The molecule has 0 unspecified atom stereocenters. The summed E-state index contributed by atoms with van der Waals surface area (Å²) in [5, 5.41) is 0. The summed E-state index contributed by atoms with van der Waals surface area (Å²) >= 11 is 0. The second-order valence-corrected chi connectivity index (χ2v) is 7.02. The van der Waals surface area contributed by atoms with E-state index >= 15 is 0 Å². The second kappa shape index (κ2) is 5.84. The van der Waals surface area contributed by atoms with Crippen molar-refractivity contribution in [1.82, 2.24) is 9.88 Å². The summed E-state index contributed by atoms with van der Waals surface area (Å²) in [5.74, 6) is 2.75. The molecule has 1 aromatic rings. The predicted octanol–water partition coefficient (Wildman–Crippen LogP) is 0.635. The Hall–Kier alpha value is -1.68. The van der Waals surface area contributed by atoms with Gasteiger partial charge in [-0.05, 0) is 36.8 Å². The van der Waals surface area contributed by atoms with Gasteiger partial charge in [0.2, 0.25) is 0 Å². The number of carbonyl (C=O) groups excluding carboxylic acids is 1. The lowest BCUT2D eigenvalue weighted by Gasteiger charge is -2.34. The van der Waals surface area contributed by atoms with Crippen molar-refractivity contribution in [2.45, 2.75) is 12.8 Å². The third-order valence-electron chi connectivity index (χ3n) is 5.65. The minimum Gasteiger partial charge on any atom is -0.332 e. The van der Waals surface area contributed by atoms with Gasteiger partial charge in [-0.3, -0.25) is 9.78 Å². The second-order valence-electron chi connectivity index (χ2n) is 7.02. The van der Waals surface area contributed by atoms with E-state index < -0.39 is 0 Å². The van der Waals surface area contributed by atoms with Crippen LogP contribution in [0.15, 0.2) is 36.7 Å². The predicted molar refractivity (Wildman–Crippen MR) is 84.5 cm³/mol. The average Bonchev–Trinajstić information content (AvgIpc) is 3.19. The molecular formula is C18H24N3O+. The largest absolute Gasteiger partial charge is 0.332 e. The van der Waals surface area contributed by atoms with Gasteiger partial charge in [0.1, 0.15) is 0 Å². The molecule has 3 atom stereocenters. The molecule has 2 heterocycles. The zero-order valence-electron chi connectivity index (χ0n) is 12.9. The van der Waals surface area contributed by atoms with Crippen LogP contribution in [0.3, 0.4) is 0 Å². The number of hydrogen-bond acceptors (Lipinski definition) is 2. The molecule has 4 rings (SSSR count). The Labute approximate surface area is 131 Å². The van der Waals surface area contributed by atoms with Crippen LogP contribution in [0.5, 0.6) is 0 Å². The van der Waals surface area contributed by atoms with Gasteiger partial charge < -0.3 is 9.80 Å². The SMILES string of the molecule is O=C(c1ccncc1)N1CC[NH+](C[C@H]2C[C@@H]3C=C[C@H]2C3)CC1. The lowest BCUT2D eigenvalue weighted by molar-refractivity contribution is -0.907. The van der Waals surface area contributed by atoms with E-state index in [2.05, 4.69) is 17.1 Å². The summed E-state index contributed by atoms with van der Waals surface area (Å²) in [6.45, 7) is 5.24. The number of carbonyl (C=O) groups is 1. The van der Waals surface area contributed by atoms with E-state index in [4.69, 9.17) is 0 Å². The Morgan fingerprint density at radius 1 is 1.18 bits per heavy atom. The molecule has 0 radical (unpaired) electrons. The van der Waals surface area contributed by atoms with Crippen molar-refractivity contribution in [2.24, 2.45) is 17.8 Å². The maximum atomic E-state index is 12.4. The Kier molecular flexibility index (Phi) is 3.70. The molecule has 1 N–H and O–H groups in total. The van der Waals surface area contributed by atoms with Crippen LogP contribution in [0.2, 0.25) is 0 Å². The molecule has 0 aromatic carbocycles. The first-order valence-corrected chi connectivity index (χ1v) is 8.51. The molecule has 1 aliphatic heterocycles. The zero-order chi connectivity index (χ0) is 14.9. The number of fused-ring (bicyclic) bond motifs is 2. The van der Waals surface area contributed by atoms with Crippen molar-refractivity contribution in [3.05, 3.63) is 42.2 Å². The third kappa shape index (κ3) is 2.68. The highest BCUT2D eigenvalue weighted by molar-refractivity contribution is 5.94. The smallest absolute Gasteiger partial charge is 0.254 e. The number of nitrogens with zero attached hydrogens (tertiary/aromatic N) is 2. The highest BCUT2D eigenvalue weighted by atomic mass is 16.2. The van der Waals surface area contributed by atoms with E-state index in [9.17, 15) is 4.79 Å². The topological polar surface area (TPSA) is 37.6 Å². The van der Waals surface area contributed by atoms with Crippen LogP contribution in [0.25, 0.3) is 0 Å². The molecule has 3 aliphatic rings. The van der Waals surface area contributed by atoms with Gasteiger partial charge in [-0.15, -0.1) is 0 Å². The molecule has 4 heteroatoms. The fraction of sp³-hybridized carbons (Fsp3) is 0.556. The molecule has 1 amide bonds. The first-order valence-electron chi connectivity index (χ1n) is 8.51. The summed E-state index contributed by atoms with van der Waals surface area (Å²) in [7, 11) is 0. The molecule has 4 nitrogen and oxygen atoms in total. The number of rotatable bonds is 3. The summed E-state index contributed by atoms with van der Waals surface area (Å²) in [4.78, 5) is 20.1. The van der Waals surface area contributed by atoms with Gasteiger partial charge in [0.15, 0.2) is 0 Å². The van der Waals surface area contributed by atoms with E-state index in [-0.39, 0.29) is 5.91 Å². The molecule has 2 bridgehead atoms. The third-order valence-corrected chi connectivity index (χ3v) is 5.65. The maximum absolute atomic E-state index is 12.4. The van der Waals surface area contributed by atoms with E-state index in [1.54, 1.807) is 17.3 Å². The normalized spacial score (nSPS) is 30.9. The quantitative estimate of drug-likeness (QED) is 0.832. The molecule has 1 aromatic heterocycles. The Balaban J connectivity index is 1.29. The molecule has 2 fully saturated rings. The maximum Gasteiger partial charge on any atom is 0.254 e. The summed E-state index contributed by atoms with van der Waals surface area (Å²) in [6.07, 6.45) is 11.0. The fourth-order valence-corrected chi connectivity index (χ4v) is 4.41. The van der Waals surface area contributed by atoms with Gasteiger partial charge in [-0.25, -0.2) is 0 Å². The van der Waals surface area contributed by atoms with E-state index in [0.29, 0.717) is 0 Å². The Bertz CT molecular complexity index is 563. The number of nitrogens with one attached hydrogen (secondary N) is 1. The van der Waals surface area contributed by atoms with Crippen LogP contribution in [0, 0.1) is 17.8 Å². The lowest BCUT2D eigenvalue weighted by atomic mass is 9.93. The van der Waals surface area contributed by atoms with Crippen LogP contribution in [-0.2, 0) is 0 Å². The van der Waals surface area contributed by atoms with Gasteiger partial charge in [0.25, 0.3) is 5.91 Å². The van der Waals surface area contributed by atoms with Crippen LogP contribution in [0.4, 0.5) is 0 Å². The highest BCUT2D eigenvalue weighted by Crippen LogP contribution is 2.42. The van der Waals surface area contributed by atoms with Crippen molar-refractivity contribution in [3.63, 3.8) is 0 Å². The summed E-state index contributed by atoms with van der Waals surface area (Å²) in [5.41, 5.74) is 0.761. The lowest BCUT2D eigenvalue weighted by Crippen LogP contribution is -3.15. The molecule has 0 spiro atoms. The summed E-state index contributed by atoms with van der Waals surface area (Å²) in [6, 6.07) is 3.62. The highest BCUT2D eigenvalue weighted by Gasteiger charge is 2.38. The number of amides is 1. The van der Waals surface area contributed by atoms with E-state index in [1.807, 2.05) is 17.0 Å². The average molecular weight is 298 g/mol. The minimum atomic E-state index is 0.157. The molecular weight excluding hydrogens is 274 g/mol. The van der Waals surface area contributed by atoms with E-state index in [0.717, 1.165) is 49.5 Å². The molecule has 2 aliphatic carbocycles. The number of quaternary nitrogens is 1. The van der Waals surface area contributed by atoms with Crippen molar-refractivity contribution in [2.75, 3.05) is 32.7 Å². The molecule has 22 heavy (non-hydrogen) atoms.